The van der Waals surface area contributed by atoms with Crippen molar-refractivity contribution in [3.8, 4) is 5.75 Å². The van der Waals surface area contributed by atoms with E-state index in [1.165, 1.54) is 44.6 Å². The normalized spacial score (nSPS) is 21.7. The Hall–Kier alpha value is -3.79. The molecule has 1 saturated heterocycles. The number of nitrogens with one attached hydrogen (secondary N) is 3. The molecule has 2 unspecified atom stereocenters. The molecule has 4 N–H and O–H groups in total. The van der Waals surface area contributed by atoms with Gasteiger partial charge >= 0.3 is 25.3 Å². The van der Waals surface area contributed by atoms with Gasteiger partial charge in [0.1, 0.15) is 30.3 Å². The number of hydrazine groups is 1. The van der Waals surface area contributed by atoms with Crippen molar-refractivity contribution in [1.29, 1.82) is 0 Å². The van der Waals surface area contributed by atoms with Crippen LogP contribution in [0, 0.1) is 0 Å². The van der Waals surface area contributed by atoms with Crippen molar-refractivity contribution in [2.45, 2.75) is 43.9 Å². The van der Waals surface area contributed by atoms with Crippen LogP contribution in [0.15, 0.2) is 71.9 Å². The van der Waals surface area contributed by atoms with Crippen LogP contribution < -0.4 is 26.2 Å². The van der Waals surface area contributed by atoms with Gasteiger partial charge in [0.2, 0.25) is 6.23 Å². The van der Waals surface area contributed by atoms with Crippen molar-refractivity contribution in [1.82, 2.24) is 25.0 Å². The Morgan fingerprint density at radius 2 is 2.00 bits per heavy atom. The highest BCUT2D eigenvalue weighted by Gasteiger charge is 2.60. The van der Waals surface area contributed by atoms with Crippen molar-refractivity contribution >= 4 is 19.5 Å². The van der Waals surface area contributed by atoms with Crippen molar-refractivity contribution in [2.24, 2.45) is 0 Å². The van der Waals surface area contributed by atoms with Gasteiger partial charge in [-0.15, -0.1) is 0 Å². The molecule has 2 aromatic heterocycles. The Balaban J connectivity index is 1.47. The molecule has 226 valence electrons. The number of halogens is 2. The number of anilines is 1. The molecule has 0 radical (unpaired) electrons. The number of pyridine rings is 1. The van der Waals surface area contributed by atoms with Crippen LogP contribution in [-0.2, 0) is 30.0 Å². The Morgan fingerprint density at radius 3 is 2.67 bits per heavy atom. The molecule has 0 aliphatic carbocycles. The molecular formula is C25H29F2N6O8P. The molecule has 1 aromatic carbocycles. The topological polar surface area (TPSA) is 175 Å². The lowest BCUT2D eigenvalue weighted by atomic mass is 10.1. The van der Waals surface area contributed by atoms with E-state index in [0.29, 0.717) is 10.1 Å². The van der Waals surface area contributed by atoms with Gasteiger partial charge in [-0.25, -0.2) is 14.8 Å². The van der Waals surface area contributed by atoms with E-state index in [9.17, 15) is 19.3 Å². The Labute approximate surface area is 238 Å². The summed E-state index contributed by atoms with van der Waals surface area (Å²) in [5, 5.41) is 12.8. The number of ether oxygens (including phenoxy) is 2. The second-order valence-electron chi connectivity index (χ2n) is 9.04. The van der Waals surface area contributed by atoms with Crippen LogP contribution in [0.2, 0.25) is 0 Å². The first-order valence-corrected chi connectivity index (χ1v) is 14.1. The van der Waals surface area contributed by atoms with E-state index in [0.717, 1.165) is 6.20 Å². The zero-order valence-corrected chi connectivity index (χ0v) is 23.3. The van der Waals surface area contributed by atoms with Gasteiger partial charge in [-0.3, -0.25) is 18.9 Å². The zero-order valence-electron chi connectivity index (χ0n) is 22.4. The van der Waals surface area contributed by atoms with Gasteiger partial charge in [-0.05, 0) is 30.7 Å². The Kier molecular flexibility index (Phi) is 9.98. The lowest BCUT2D eigenvalue weighted by Crippen LogP contribution is -2.42. The minimum absolute atomic E-state index is 0.0258. The Morgan fingerprint density at radius 1 is 1.24 bits per heavy atom. The average Bonchev–Trinajstić information content (AvgIpc) is 3.19. The quantitative estimate of drug-likeness (QED) is 0.126. The molecule has 17 heteroatoms. The summed E-state index contributed by atoms with van der Waals surface area (Å²) < 4.78 is 65.7. The van der Waals surface area contributed by atoms with E-state index in [-0.39, 0.29) is 18.2 Å². The van der Waals surface area contributed by atoms with E-state index >= 15 is 8.78 Å². The highest BCUT2D eigenvalue weighted by Crippen LogP contribution is 2.47. The van der Waals surface area contributed by atoms with Gasteiger partial charge in [0, 0.05) is 19.4 Å². The third-order valence-corrected chi connectivity index (χ3v) is 7.56. The lowest BCUT2D eigenvalue weighted by Gasteiger charge is -2.24. The molecule has 0 spiro atoms. The number of nitrogens with zero attached hydrogens (tertiary/aromatic N) is 3. The number of rotatable bonds is 13. The number of hydrogen-bond donors (Lipinski definition) is 4. The SMILES string of the molecule is CNNc1ccn([C@@H]2O[C@H](COP(=O)(NC(C)C(=O)OCc3ccccc3)Oc3cccnc3)[C@@H](O)C2(F)F)c(=O)n1. The fraction of sp³-hybridized carbons (Fsp3) is 0.360. The van der Waals surface area contributed by atoms with Crippen LogP contribution >= 0.6 is 7.75 Å². The minimum Gasteiger partial charge on any atom is -0.460 e. The number of hydrogen-bond acceptors (Lipinski definition) is 12. The molecule has 0 amide bonds. The molecule has 1 fully saturated rings. The molecule has 3 aromatic rings. The summed E-state index contributed by atoms with van der Waals surface area (Å²) in [6, 6.07) is 11.7. The largest absolute Gasteiger partial charge is 0.460 e. The van der Waals surface area contributed by atoms with Crippen molar-refractivity contribution in [2.75, 3.05) is 19.1 Å². The fourth-order valence-corrected chi connectivity index (χ4v) is 5.33. The fourth-order valence-electron chi connectivity index (χ4n) is 3.84. The van der Waals surface area contributed by atoms with E-state index < -0.39 is 56.4 Å². The van der Waals surface area contributed by atoms with E-state index in [1.54, 1.807) is 30.3 Å². The summed E-state index contributed by atoms with van der Waals surface area (Å²) in [5.41, 5.74) is 4.72. The third kappa shape index (κ3) is 7.53. The molecule has 3 heterocycles. The molecule has 14 nitrogen and oxygen atoms in total. The van der Waals surface area contributed by atoms with Crippen LogP contribution in [0.3, 0.4) is 0 Å². The highest BCUT2D eigenvalue weighted by molar-refractivity contribution is 7.52. The molecule has 5 atom stereocenters. The van der Waals surface area contributed by atoms with Crippen molar-refractivity contribution in [3.63, 3.8) is 0 Å². The molecule has 1 aliphatic heterocycles. The van der Waals surface area contributed by atoms with E-state index in [2.05, 4.69) is 25.9 Å². The monoisotopic (exact) mass is 610 g/mol. The summed E-state index contributed by atoms with van der Waals surface area (Å²) >= 11 is 0. The molecular weight excluding hydrogens is 581 g/mol. The van der Waals surface area contributed by atoms with E-state index in [1.807, 2.05) is 0 Å². The highest BCUT2D eigenvalue weighted by atomic mass is 31.2. The van der Waals surface area contributed by atoms with Crippen LogP contribution in [0.5, 0.6) is 5.75 Å². The number of carbonyl (C=O) groups is 1. The second kappa shape index (κ2) is 13.5. The van der Waals surface area contributed by atoms with Gasteiger partial charge in [0.05, 0.1) is 12.8 Å². The summed E-state index contributed by atoms with van der Waals surface area (Å²) in [6.07, 6.45) is -2.82. The maximum atomic E-state index is 15.0. The minimum atomic E-state index is -4.51. The average molecular weight is 611 g/mol. The second-order valence-corrected chi connectivity index (χ2v) is 10.7. The number of benzene rings is 1. The molecule has 42 heavy (non-hydrogen) atoms. The molecule has 1 aliphatic rings. The molecule has 0 bridgehead atoms. The van der Waals surface area contributed by atoms with Gasteiger partial charge in [0.15, 0.2) is 6.10 Å². The standard InChI is InChI=1S/C25H29F2N6O8P/c1-16(22(35)38-14-17-7-4-3-5-8-17)32-42(37,41-18-9-6-11-29-13-18)39-15-19-21(34)25(26,27)23(40-19)33-12-10-20(31-28-2)30-24(33)36/h3-13,16,19,21,23,28,34H,14-15H2,1-2H3,(H,32,37)(H,30,31,36)/t16?,19-,21-,23-,42?/m1/s1. The molecule has 4 rings (SSSR count). The summed E-state index contributed by atoms with van der Waals surface area (Å²) in [4.78, 5) is 32.5. The van der Waals surface area contributed by atoms with Crippen LogP contribution in [0.4, 0.5) is 14.6 Å². The van der Waals surface area contributed by atoms with Crippen LogP contribution in [-0.4, -0.2) is 63.4 Å². The number of aliphatic hydroxyl groups is 1. The first-order chi connectivity index (χ1) is 20.0. The summed E-state index contributed by atoms with van der Waals surface area (Å²) in [7, 11) is -2.99. The lowest BCUT2D eigenvalue weighted by molar-refractivity contribution is -0.146. The van der Waals surface area contributed by atoms with E-state index in [4.69, 9.17) is 18.5 Å². The smallest absolute Gasteiger partial charge is 0.459 e. The zero-order chi connectivity index (χ0) is 30.3. The van der Waals surface area contributed by atoms with Gasteiger partial charge in [0.25, 0.3) is 0 Å². The van der Waals surface area contributed by atoms with Gasteiger partial charge in [-0.1, -0.05) is 30.3 Å². The van der Waals surface area contributed by atoms with Crippen molar-refractivity contribution < 1.29 is 41.8 Å². The molecule has 0 saturated carbocycles. The number of carbonyl (C=O) groups excluding carboxylic acids is 1. The number of alkyl halides is 2. The summed E-state index contributed by atoms with van der Waals surface area (Å²) in [5.74, 6) is -4.73. The predicted octanol–water partition coefficient (Wildman–Crippen LogP) is 2.00. The maximum absolute atomic E-state index is 15.0. The summed E-state index contributed by atoms with van der Waals surface area (Å²) in [6.45, 7) is 0.400. The van der Waals surface area contributed by atoms with Crippen LogP contribution in [0.25, 0.3) is 0 Å². The predicted molar refractivity (Wildman–Crippen MR) is 143 cm³/mol. The number of aromatic nitrogens is 3. The van der Waals surface area contributed by atoms with Crippen molar-refractivity contribution in [3.05, 3.63) is 83.2 Å². The maximum Gasteiger partial charge on any atom is 0.459 e. The van der Waals surface area contributed by atoms with Crippen LogP contribution in [0.1, 0.15) is 18.7 Å². The van der Waals surface area contributed by atoms with Gasteiger partial charge in [-0.2, -0.15) is 18.9 Å². The van der Waals surface area contributed by atoms with Gasteiger partial charge < -0.3 is 24.5 Å². The number of aliphatic hydroxyl groups excluding tert-OH is 1. The first kappa shape index (κ1) is 31.2. The first-order valence-electron chi connectivity index (χ1n) is 12.6. The third-order valence-electron chi connectivity index (χ3n) is 5.91. The number of esters is 1. The Bertz CT molecular complexity index is 1450.